The molecule has 2 aromatic rings. The van der Waals surface area contributed by atoms with E-state index in [0.717, 1.165) is 29.7 Å². The molecule has 0 fully saturated rings. The number of likely N-dealkylation sites (N-methyl/N-ethyl adjacent to an activating group) is 1. The van der Waals surface area contributed by atoms with Gasteiger partial charge in [0, 0.05) is 35.9 Å². The Kier molecular flexibility index (Phi) is 5.38. The summed E-state index contributed by atoms with van der Waals surface area (Å²) in [7, 11) is 2.01. The Balaban J connectivity index is 2.19. The first-order chi connectivity index (χ1) is 9.65. The van der Waals surface area contributed by atoms with Gasteiger partial charge < -0.3 is 9.88 Å². The summed E-state index contributed by atoms with van der Waals surface area (Å²) >= 11 is 3.61. The zero-order valence-corrected chi connectivity index (χ0v) is 13.9. The van der Waals surface area contributed by atoms with Gasteiger partial charge in [0.1, 0.15) is 5.82 Å². The van der Waals surface area contributed by atoms with E-state index < -0.39 is 0 Å². The zero-order valence-electron chi connectivity index (χ0n) is 12.4. The summed E-state index contributed by atoms with van der Waals surface area (Å²) in [5.41, 5.74) is 2.55. The van der Waals surface area contributed by atoms with Gasteiger partial charge in [-0.05, 0) is 37.6 Å². The second kappa shape index (κ2) is 7.04. The summed E-state index contributed by atoms with van der Waals surface area (Å²) < 4.78 is 3.40. The van der Waals surface area contributed by atoms with Crippen LogP contribution in [0.25, 0.3) is 0 Å². The third-order valence-electron chi connectivity index (χ3n) is 3.60. The van der Waals surface area contributed by atoms with E-state index in [9.17, 15) is 0 Å². The fourth-order valence-electron chi connectivity index (χ4n) is 2.37. The number of halogens is 1. The minimum absolute atomic E-state index is 0.282. The molecule has 0 aliphatic carbocycles. The van der Waals surface area contributed by atoms with Crippen molar-refractivity contribution in [2.75, 3.05) is 7.05 Å². The minimum Gasteiger partial charge on any atom is -0.335 e. The molecule has 0 radical (unpaired) electrons. The molecule has 1 unspecified atom stereocenters. The molecule has 2 rings (SSSR count). The molecule has 0 saturated carbocycles. The monoisotopic (exact) mass is 335 g/mol. The lowest BCUT2D eigenvalue weighted by molar-refractivity contribution is 0.543. The number of imidazole rings is 1. The van der Waals surface area contributed by atoms with E-state index in [1.165, 1.54) is 11.1 Å². The van der Waals surface area contributed by atoms with E-state index in [2.05, 4.69) is 69.0 Å². The lowest BCUT2D eigenvalue weighted by Gasteiger charge is -2.18. The van der Waals surface area contributed by atoms with E-state index in [-0.39, 0.29) is 6.04 Å². The molecular weight excluding hydrogens is 314 g/mol. The van der Waals surface area contributed by atoms with Crippen LogP contribution in [-0.2, 0) is 13.0 Å². The molecule has 0 amide bonds. The molecule has 0 aliphatic heterocycles. The van der Waals surface area contributed by atoms with Gasteiger partial charge in [0.2, 0.25) is 0 Å². The molecule has 1 atom stereocenters. The Bertz CT molecular complexity index is 563. The molecule has 3 nitrogen and oxygen atoms in total. The summed E-state index contributed by atoms with van der Waals surface area (Å²) in [5, 5.41) is 3.40. The third kappa shape index (κ3) is 3.49. The van der Waals surface area contributed by atoms with Crippen LogP contribution < -0.4 is 5.32 Å². The summed E-state index contributed by atoms with van der Waals surface area (Å²) in [6.45, 7) is 5.33. The summed E-state index contributed by atoms with van der Waals surface area (Å²) in [5.74, 6) is 1.14. The maximum atomic E-state index is 4.50. The van der Waals surface area contributed by atoms with Crippen LogP contribution in [-0.4, -0.2) is 16.6 Å². The quantitative estimate of drug-likeness (QED) is 0.868. The van der Waals surface area contributed by atoms with E-state index in [4.69, 9.17) is 0 Å². The largest absolute Gasteiger partial charge is 0.335 e. The lowest BCUT2D eigenvalue weighted by atomic mass is 10.0. The van der Waals surface area contributed by atoms with Gasteiger partial charge in [-0.2, -0.15) is 0 Å². The highest BCUT2D eigenvalue weighted by molar-refractivity contribution is 9.10. The Hall–Kier alpha value is -1.13. The first-order valence-electron chi connectivity index (χ1n) is 7.09. The number of aryl methyl sites for hydroxylation is 2. The Morgan fingerprint density at radius 2 is 2.20 bits per heavy atom. The number of aromatic nitrogens is 2. The smallest absolute Gasteiger partial charge is 0.110 e. The van der Waals surface area contributed by atoms with E-state index >= 15 is 0 Å². The molecule has 1 aromatic carbocycles. The standard InChI is InChI=1S/C16H22BrN3/c1-4-8-20-9-7-19-16(20)11-15(18-3)13-6-5-12(2)14(17)10-13/h5-7,9-10,15,18H,4,8,11H2,1-3H3. The fraction of sp³-hybridized carbons (Fsp3) is 0.438. The number of nitrogens with zero attached hydrogens (tertiary/aromatic N) is 2. The summed E-state index contributed by atoms with van der Waals surface area (Å²) in [6, 6.07) is 6.82. The number of hydrogen-bond donors (Lipinski definition) is 1. The SMILES string of the molecule is CCCn1ccnc1CC(NC)c1ccc(C)c(Br)c1. The third-order valence-corrected chi connectivity index (χ3v) is 4.45. The van der Waals surface area contributed by atoms with Gasteiger partial charge in [0.15, 0.2) is 0 Å². The van der Waals surface area contributed by atoms with Crippen molar-refractivity contribution >= 4 is 15.9 Å². The van der Waals surface area contributed by atoms with Gasteiger partial charge in [-0.15, -0.1) is 0 Å². The summed E-state index contributed by atoms with van der Waals surface area (Å²) in [4.78, 5) is 4.50. The van der Waals surface area contributed by atoms with Gasteiger partial charge in [-0.1, -0.05) is 35.0 Å². The average Bonchev–Trinajstić information content (AvgIpc) is 2.87. The molecule has 1 heterocycles. The van der Waals surface area contributed by atoms with Crippen LogP contribution in [0.5, 0.6) is 0 Å². The molecule has 1 aromatic heterocycles. The first-order valence-corrected chi connectivity index (χ1v) is 7.88. The van der Waals surface area contributed by atoms with Crippen molar-refractivity contribution in [2.24, 2.45) is 0 Å². The molecule has 0 aliphatic rings. The van der Waals surface area contributed by atoms with Gasteiger partial charge >= 0.3 is 0 Å². The highest BCUT2D eigenvalue weighted by atomic mass is 79.9. The second-order valence-corrected chi connectivity index (χ2v) is 5.95. The van der Waals surface area contributed by atoms with Gasteiger partial charge in [-0.25, -0.2) is 4.98 Å². The van der Waals surface area contributed by atoms with Crippen LogP contribution in [0.15, 0.2) is 35.1 Å². The highest BCUT2D eigenvalue weighted by Crippen LogP contribution is 2.24. The van der Waals surface area contributed by atoms with Gasteiger partial charge in [-0.3, -0.25) is 0 Å². The number of benzene rings is 1. The maximum Gasteiger partial charge on any atom is 0.110 e. The molecule has 4 heteroatoms. The van der Waals surface area contributed by atoms with Crippen molar-refractivity contribution < 1.29 is 0 Å². The Morgan fingerprint density at radius 3 is 2.85 bits per heavy atom. The lowest BCUT2D eigenvalue weighted by Crippen LogP contribution is -2.21. The molecule has 0 saturated heterocycles. The van der Waals surface area contributed by atoms with Crippen LogP contribution in [0.3, 0.4) is 0 Å². The molecule has 0 bridgehead atoms. The van der Waals surface area contributed by atoms with Gasteiger partial charge in [0.05, 0.1) is 0 Å². The minimum atomic E-state index is 0.282. The fourth-order valence-corrected chi connectivity index (χ4v) is 2.77. The van der Waals surface area contributed by atoms with Crippen LogP contribution in [0.1, 0.15) is 36.3 Å². The van der Waals surface area contributed by atoms with Crippen molar-refractivity contribution in [1.82, 2.24) is 14.9 Å². The van der Waals surface area contributed by atoms with Crippen LogP contribution in [0.2, 0.25) is 0 Å². The first kappa shape index (κ1) is 15.3. The van der Waals surface area contributed by atoms with Crippen LogP contribution in [0, 0.1) is 6.92 Å². The van der Waals surface area contributed by atoms with Gasteiger partial charge in [0.25, 0.3) is 0 Å². The summed E-state index contributed by atoms with van der Waals surface area (Å²) in [6.07, 6.45) is 5.99. The zero-order chi connectivity index (χ0) is 14.5. The van der Waals surface area contributed by atoms with Crippen molar-refractivity contribution in [3.63, 3.8) is 0 Å². The average molecular weight is 336 g/mol. The highest BCUT2D eigenvalue weighted by Gasteiger charge is 2.14. The van der Waals surface area contributed by atoms with Crippen LogP contribution >= 0.6 is 15.9 Å². The van der Waals surface area contributed by atoms with Crippen molar-refractivity contribution in [3.8, 4) is 0 Å². The topological polar surface area (TPSA) is 29.9 Å². The van der Waals surface area contributed by atoms with E-state index in [1.54, 1.807) is 0 Å². The van der Waals surface area contributed by atoms with Crippen molar-refractivity contribution in [1.29, 1.82) is 0 Å². The number of hydrogen-bond acceptors (Lipinski definition) is 2. The molecule has 20 heavy (non-hydrogen) atoms. The molecule has 0 spiro atoms. The number of rotatable bonds is 6. The van der Waals surface area contributed by atoms with E-state index in [1.807, 2.05) is 13.2 Å². The van der Waals surface area contributed by atoms with E-state index in [0.29, 0.717) is 0 Å². The Labute approximate surface area is 129 Å². The molecule has 1 N–H and O–H groups in total. The van der Waals surface area contributed by atoms with Crippen molar-refractivity contribution in [2.45, 2.75) is 39.3 Å². The Morgan fingerprint density at radius 1 is 1.40 bits per heavy atom. The number of nitrogens with one attached hydrogen (secondary N) is 1. The molecule has 108 valence electrons. The predicted octanol–water partition coefficient (Wildman–Crippen LogP) is 3.87. The maximum absolute atomic E-state index is 4.50. The predicted molar refractivity (Wildman–Crippen MR) is 86.9 cm³/mol. The normalized spacial score (nSPS) is 12.6. The van der Waals surface area contributed by atoms with Crippen LogP contribution in [0.4, 0.5) is 0 Å². The van der Waals surface area contributed by atoms with Crippen molar-refractivity contribution in [3.05, 3.63) is 52.0 Å². The molecular formula is C16H22BrN3. The second-order valence-electron chi connectivity index (χ2n) is 5.09.